The number of aliphatic hydroxyl groups is 1. The van der Waals surface area contributed by atoms with Crippen LogP contribution in [-0.2, 0) is 6.42 Å². The molecular formula is C17H27NO. The first-order valence-electron chi connectivity index (χ1n) is 7.39. The molecule has 1 aromatic rings. The molecule has 0 aliphatic carbocycles. The molecular weight excluding hydrogens is 234 g/mol. The van der Waals surface area contributed by atoms with Crippen molar-refractivity contribution in [2.75, 3.05) is 18.0 Å². The Morgan fingerprint density at radius 2 is 2.00 bits per heavy atom. The Balaban J connectivity index is 2.05. The average molecular weight is 261 g/mol. The van der Waals surface area contributed by atoms with Crippen LogP contribution in [0.2, 0.25) is 0 Å². The second-order valence-corrected chi connectivity index (χ2v) is 7.05. The van der Waals surface area contributed by atoms with Crippen LogP contribution in [0.15, 0.2) is 24.3 Å². The monoisotopic (exact) mass is 261 g/mol. The van der Waals surface area contributed by atoms with Gasteiger partial charge >= 0.3 is 0 Å². The van der Waals surface area contributed by atoms with Gasteiger partial charge in [0.1, 0.15) is 0 Å². The van der Waals surface area contributed by atoms with E-state index in [4.69, 9.17) is 0 Å². The fourth-order valence-corrected chi connectivity index (χ4v) is 2.83. The van der Waals surface area contributed by atoms with Gasteiger partial charge in [-0.05, 0) is 35.8 Å². The summed E-state index contributed by atoms with van der Waals surface area (Å²) in [5, 5.41) is 10.2. The molecule has 106 valence electrons. The molecule has 2 unspecified atom stereocenters. The van der Waals surface area contributed by atoms with Gasteiger partial charge in [0.25, 0.3) is 0 Å². The largest absolute Gasteiger partial charge is 0.393 e. The van der Waals surface area contributed by atoms with Gasteiger partial charge in [-0.3, -0.25) is 0 Å². The number of benzene rings is 1. The van der Waals surface area contributed by atoms with E-state index in [1.807, 2.05) is 0 Å². The molecule has 0 radical (unpaired) electrons. The van der Waals surface area contributed by atoms with Gasteiger partial charge in [0.2, 0.25) is 0 Å². The van der Waals surface area contributed by atoms with E-state index in [1.54, 1.807) is 0 Å². The fraction of sp³-hybridized carbons (Fsp3) is 0.647. The lowest BCUT2D eigenvalue weighted by Gasteiger charge is -2.36. The molecule has 0 aromatic heterocycles. The topological polar surface area (TPSA) is 23.5 Å². The third kappa shape index (κ3) is 3.50. The zero-order valence-electron chi connectivity index (χ0n) is 12.7. The summed E-state index contributed by atoms with van der Waals surface area (Å²) in [4.78, 5) is 2.44. The van der Waals surface area contributed by atoms with Gasteiger partial charge in [-0.15, -0.1) is 0 Å². The van der Waals surface area contributed by atoms with Crippen molar-refractivity contribution in [1.29, 1.82) is 0 Å². The maximum atomic E-state index is 10.2. The van der Waals surface area contributed by atoms with E-state index in [1.165, 1.54) is 17.7 Å². The number of hydrogen-bond acceptors (Lipinski definition) is 2. The fourth-order valence-electron chi connectivity index (χ4n) is 2.83. The van der Waals surface area contributed by atoms with Gasteiger partial charge in [-0.2, -0.15) is 0 Å². The van der Waals surface area contributed by atoms with Gasteiger partial charge in [0.15, 0.2) is 0 Å². The highest BCUT2D eigenvalue weighted by molar-refractivity contribution is 5.55. The summed E-state index contributed by atoms with van der Waals surface area (Å²) in [6.07, 6.45) is 1.77. The molecule has 2 nitrogen and oxygen atoms in total. The summed E-state index contributed by atoms with van der Waals surface area (Å²) in [5.74, 6) is 0.696. The molecule has 2 atom stereocenters. The third-order valence-corrected chi connectivity index (χ3v) is 4.10. The Morgan fingerprint density at radius 1 is 1.32 bits per heavy atom. The van der Waals surface area contributed by atoms with E-state index in [0.717, 1.165) is 19.5 Å². The average Bonchev–Trinajstić information content (AvgIpc) is 2.34. The molecule has 1 aliphatic rings. The molecule has 1 N–H and O–H groups in total. The molecule has 2 rings (SSSR count). The number of fused-ring (bicyclic) bond motifs is 1. The smallest absolute Gasteiger partial charge is 0.0605 e. The van der Waals surface area contributed by atoms with E-state index in [-0.39, 0.29) is 11.5 Å². The van der Waals surface area contributed by atoms with Gasteiger partial charge in [0, 0.05) is 18.8 Å². The summed E-state index contributed by atoms with van der Waals surface area (Å²) in [6, 6.07) is 8.68. The molecule has 0 amide bonds. The maximum absolute atomic E-state index is 10.2. The summed E-state index contributed by atoms with van der Waals surface area (Å²) in [6.45, 7) is 10.7. The zero-order valence-corrected chi connectivity index (χ0v) is 12.7. The molecule has 0 bridgehead atoms. The van der Waals surface area contributed by atoms with Crippen molar-refractivity contribution < 1.29 is 5.11 Å². The Labute approximate surface area is 117 Å². The van der Waals surface area contributed by atoms with Crippen LogP contribution in [0.1, 0.15) is 39.7 Å². The van der Waals surface area contributed by atoms with Crippen molar-refractivity contribution in [1.82, 2.24) is 0 Å². The lowest BCUT2D eigenvalue weighted by Crippen LogP contribution is -2.38. The first-order valence-corrected chi connectivity index (χ1v) is 7.39. The van der Waals surface area contributed by atoms with E-state index in [0.29, 0.717) is 5.92 Å². The Hall–Kier alpha value is -1.02. The van der Waals surface area contributed by atoms with Crippen LogP contribution in [0, 0.1) is 11.3 Å². The minimum absolute atomic E-state index is 0.0269. The van der Waals surface area contributed by atoms with Gasteiger partial charge in [-0.1, -0.05) is 45.9 Å². The van der Waals surface area contributed by atoms with Crippen LogP contribution in [0.3, 0.4) is 0 Å². The number of anilines is 1. The molecule has 0 spiro atoms. The van der Waals surface area contributed by atoms with Crippen LogP contribution in [-0.4, -0.2) is 24.3 Å². The SMILES string of the molecule is CC1Cc2ccccc2N(CCC(O)C(C)(C)C)C1. The summed E-state index contributed by atoms with van der Waals surface area (Å²) >= 11 is 0. The van der Waals surface area contributed by atoms with Crippen molar-refractivity contribution in [2.45, 2.75) is 46.6 Å². The highest BCUT2D eigenvalue weighted by Gasteiger charge is 2.25. The number of aliphatic hydroxyl groups excluding tert-OH is 1. The van der Waals surface area contributed by atoms with Gasteiger partial charge < -0.3 is 10.0 Å². The molecule has 1 aromatic carbocycles. The summed E-state index contributed by atoms with van der Waals surface area (Å²) in [7, 11) is 0. The molecule has 0 fully saturated rings. The number of para-hydroxylation sites is 1. The van der Waals surface area contributed by atoms with Crippen LogP contribution in [0.4, 0.5) is 5.69 Å². The number of hydrogen-bond donors (Lipinski definition) is 1. The van der Waals surface area contributed by atoms with Crippen LogP contribution < -0.4 is 4.90 Å². The first-order chi connectivity index (χ1) is 8.88. The number of nitrogens with zero attached hydrogens (tertiary/aromatic N) is 1. The third-order valence-electron chi connectivity index (χ3n) is 4.10. The molecule has 2 heteroatoms. The highest BCUT2D eigenvalue weighted by atomic mass is 16.3. The Morgan fingerprint density at radius 3 is 2.68 bits per heavy atom. The first kappa shape index (κ1) is 14.4. The maximum Gasteiger partial charge on any atom is 0.0605 e. The quantitative estimate of drug-likeness (QED) is 0.900. The van der Waals surface area contributed by atoms with Gasteiger partial charge in [0.05, 0.1) is 6.10 Å². The van der Waals surface area contributed by atoms with Crippen molar-refractivity contribution in [2.24, 2.45) is 11.3 Å². The Kier molecular flexibility index (Phi) is 4.19. The summed E-state index contributed by atoms with van der Waals surface area (Å²) in [5.41, 5.74) is 2.79. The predicted octanol–water partition coefficient (Wildman–Crippen LogP) is 3.48. The van der Waals surface area contributed by atoms with Crippen molar-refractivity contribution in [3.8, 4) is 0 Å². The van der Waals surface area contributed by atoms with E-state index in [2.05, 4.69) is 56.9 Å². The second-order valence-electron chi connectivity index (χ2n) is 7.05. The Bertz CT molecular complexity index is 422. The number of rotatable bonds is 3. The molecule has 19 heavy (non-hydrogen) atoms. The lowest BCUT2D eigenvalue weighted by atomic mass is 9.86. The van der Waals surface area contributed by atoms with Crippen molar-refractivity contribution in [3.63, 3.8) is 0 Å². The molecule has 0 saturated heterocycles. The molecule has 1 heterocycles. The zero-order chi connectivity index (χ0) is 14.0. The van der Waals surface area contributed by atoms with Crippen LogP contribution in [0.5, 0.6) is 0 Å². The predicted molar refractivity (Wildman–Crippen MR) is 81.6 cm³/mol. The minimum atomic E-state index is -0.239. The summed E-state index contributed by atoms with van der Waals surface area (Å²) < 4.78 is 0. The van der Waals surface area contributed by atoms with E-state index < -0.39 is 0 Å². The molecule has 1 aliphatic heterocycles. The minimum Gasteiger partial charge on any atom is -0.393 e. The van der Waals surface area contributed by atoms with Crippen LogP contribution in [0.25, 0.3) is 0 Å². The normalized spacial score (nSPS) is 21.1. The second kappa shape index (κ2) is 5.54. The standard InChI is InChI=1S/C17H27NO/c1-13-11-14-7-5-6-8-15(14)18(12-13)10-9-16(19)17(2,3)4/h5-8,13,16,19H,9-12H2,1-4H3. The van der Waals surface area contributed by atoms with Crippen molar-refractivity contribution in [3.05, 3.63) is 29.8 Å². The van der Waals surface area contributed by atoms with Gasteiger partial charge in [-0.25, -0.2) is 0 Å². The lowest BCUT2D eigenvalue weighted by molar-refractivity contribution is 0.0572. The van der Waals surface area contributed by atoms with Crippen molar-refractivity contribution >= 4 is 5.69 Å². The highest BCUT2D eigenvalue weighted by Crippen LogP contribution is 2.30. The van der Waals surface area contributed by atoms with E-state index >= 15 is 0 Å². The van der Waals surface area contributed by atoms with Crippen LogP contribution >= 0.6 is 0 Å². The van der Waals surface area contributed by atoms with E-state index in [9.17, 15) is 5.11 Å². The molecule has 0 saturated carbocycles.